The van der Waals surface area contributed by atoms with Gasteiger partial charge in [-0.2, -0.15) is 0 Å². The molecule has 0 spiro atoms. The Morgan fingerprint density at radius 3 is 2.39 bits per heavy atom. The van der Waals surface area contributed by atoms with Crippen molar-refractivity contribution in [1.82, 2.24) is 14.5 Å². The van der Waals surface area contributed by atoms with Crippen LogP contribution in [0.3, 0.4) is 0 Å². The lowest BCUT2D eigenvalue weighted by molar-refractivity contribution is 0.111. The monoisotopic (exact) mass is 239 g/mol. The molecule has 0 N–H and O–H groups in total. The first-order chi connectivity index (χ1) is 8.70. The van der Waals surface area contributed by atoms with Gasteiger partial charge in [-0.05, 0) is 32.0 Å². The van der Waals surface area contributed by atoms with Gasteiger partial charge in [0.2, 0.25) is 0 Å². The van der Waals surface area contributed by atoms with Crippen molar-refractivity contribution in [2.24, 2.45) is 0 Å². The van der Waals surface area contributed by atoms with Gasteiger partial charge in [0, 0.05) is 6.04 Å². The number of aromatic nitrogens is 3. The fourth-order valence-electron chi connectivity index (χ4n) is 2.24. The fourth-order valence-corrected chi connectivity index (χ4v) is 2.24. The molecule has 18 heavy (non-hydrogen) atoms. The van der Waals surface area contributed by atoms with E-state index in [1.54, 1.807) is 6.07 Å². The molecule has 4 heteroatoms. The van der Waals surface area contributed by atoms with Crippen molar-refractivity contribution in [2.75, 3.05) is 0 Å². The van der Waals surface area contributed by atoms with E-state index >= 15 is 0 Å². The molecule has 2 heterocycles. The summed E-state index contributed by atoms with van der Waals surface area (Å²) in [5, 5.41) is 0. The highest BCUT2D eigenvalue weighted by Gasteiger charge is 2.13. The van der Waals surface area contributed by atoms with E-state index in [0.29, 0.717) is 5.69 Å². The van der Waals surface area contributed by atoms with E-state index < -0.39 is 0 Å². The third-order valence-corrected chi connectivity index (χ3v) is 3.01. The Morgan fingerprint density at radius 1 is 1.11 bits per heavy atom. The average molecular weight is 239 g/mol. The Bertz CT molecular complexity index is 743. The number of hydrogen-bond donors (Lipinski definition) is 0. The Hall–Kier alpha value is -2.23. The highest BCUT2D eigenvalue weighted by atomic mass is 16.1. The third kappa shape index (κ3) is 1.49. The summed E-state index contributed by atoms with van der Waals surface area (Å²) >= 11 is 0. The van der Waals surface area contributed by atoms with Crippen LogP contribution in [-0.2, 0) is 0 Å². The number of rotatable bonds is 2. The first-order valence-corrected chi connectivity index (χ1v) is 5.93. The zero-order chi connectivity index (χ0) is 12.7. The Labute approximate surface area is 104 Å². The van der Waals surface area contributed by atoms with Crippen LogP contribution in [0, 0.1) is 0 Å². The van der Waals surface area contributed by atoms with Crippen molar-refractivity contribution in [3.05, 3.63) is 36.0 Å². The summed E-state index contributed by atoms with van der Waals surface area (Å²) in [5.41, 5.74) is 3.86. The summed E-state index contributed by atoms with van der Waals surface area (Å²) in [5.74, 6) is 0. The van der Waals surface area contributed by atoms with Crippen LogP contribution in [0.15, 0.2) is 30.3 Å². The molecule has 0 amide bonds. The molecule has 0 unspecified atom stereocenters. The molecule has 0 aliphatic rings. The smallest absolute Gasteiger partial charge is 0.166 e. The number of hydrogen-bond acceptors (Lipinski definition) is 3. The predicted molar refractivity (Wildman–Crippen MR) is 70.8 cm³/mol. The highest BCUT2D eigenvalue weighted by Crippen LogP contribution is 2.22. The average Bonchev–Trinajstić information content (AvgIpc) is 2.73. The van der Waals surface area contributed by atoms with Gasteiger partial charge in [-0.15, -0.1) is 0 Å². The van der Waals surface area contributed by atoms with Gasteiger partial charge in [0.1, 0.15) is 5.52 Å². The quantitative estimate of drug-likeness (QED) is 0.646. The number of benzene rings is 1. The fraction of sp³-hybridized carbons (Fsp3) is 0.214. The summed E-state index contributed by atoms with van der Waals surface area (Å²) in [7, 11) is 0. The van der Waals surface area contributed by atoms with E-state index in [0.717, 1.165) is 28.5 Å². The van der Waals surface area contributed by atoms with Crippen molar-refractivity contribution >= 4 is 28.5 Å². The van der Waals surface area contributed by atoms with Crippen molar-refractivity contribution in [1.29, 1.82) is 0 Å². The van der Waals surface area contributed by atoms with Gasteiger partial charge in [0.05, 0.1) is 16.7 Å². The number of carbonyl (C=O) groups excluding carboxylic acids is 1. The van der Waals surface area contributed by atoms with E-state index in [-0.39, 0.29) is 6.04 Å². The molecule has 4 nitrogen and oxygen atoms in total. The molecule has 0 radical (unpaired) electrons. The highest BCUT2D eigenvalue weighted by molar-refractivity contribution is 5.89. The van der Waals surface area contributed by atoms with Crippen molar-refractivity contribution in [3.8, 4) is 0 Å². The maximum absolute atomic E-state index is 11.1. The van der Waals surface area contributed by atoms with Gasteiger partial charge in [0.25, 0.3) is 0 Å². The van der Waals surface area contributed by atoms with E-state index in [2.05, 4.69) is 9.97 Å². The van der Waals surface area contributed by atoms with Crippen molar-refractivity contribution in [3.63, 3.8) is 0 Å². The van der Waals surface area contributed by atoms with Crippen LogP contribution < -0.4 is 0 Å². The summed E-state index contributed by atoms with van der Waals surface area (Å²) in [6, 6.07) is 9.70. The van der Waals surface area contributed by atoms with Crippen molar-refractivity contribution < 1.29 is 4.79 Å². The minimum atomic E-state index is 0.179. The molecular formula is C14H13N3O. The van der Waals surface area contributed by atoms with E-state index in [9.17, 15) is 4.79 Å². The van der Waals surface area contributed by atoms with E-state index in [1.165, 1.54) is 0 Å². The number of fused-ring (bicyclic) bond motifs is 2. The van der Waals surface area contributed by atoms with Crippen LogP contribution in [0.2, 0.25) is 0 Å². The summed E-state index contributed by atoms with van der Waals surface area (Å²) < 4.78 is 1.92. The second-order valence-electron chi connectivity index (χ2n) is 4.57. The number of para-hydroxylation sites is 2. The molecule has 90 valence electrons. The van der Waals surface area contributed by atoms with Gasteiger partial charge >= 0.3 is 0 Å². The van der Waals surface area contributed by atoms with Crippen LogP contribution in [0.25, 0.3) is 22.2 Å². The summed E-state index contributed by atoms with van der Waals surface area (Å²) in [6.45, 7) is 4.06. The van der Waals surface area contributed by atoms with Gasteiger partial charge in [-0.25, -0.2) is 9.97 Å². The molecule has 0 bridgehead atoms. The normalized spacial score (nSPS) is 11.5. The first-order valence-electron chi connectivity index (χ1n) is 5.93. The van der Waals surface area contributed by atoms with Crippen LogP contribution in [0.1, 0.15) is 30.4 Å². The van der Waals surface area contributed by atoms with Gasteiger partial charge < -0.3 is 4.57 Å². The minimum Gasteiger partial charge on any atom is -0.319 e. The Kier molecular flexibility index (Phi) is 2.37. The summed E-state index contributed by atoms with van der Waals surface area (Å²) in [4.78, 5) is 20.3. The maximum Gasteiger partial charge on any atom is 0.166 e. The number of aldehydes is 1. The Balaban J connectivity index is 2.45. The maximum atomic E-state index is 11.1. The van der Waals surface area contributed by atoms with Crippen LogP contribution in [-0.4, -0.2) is 20.8 Å². The zero-order valence-electron chi connectivity index (χ0n) is 10.3. The SMILES string of the molecule is CC(C)n1c(C=O)cc2nc3ccccc3nc21. The molecule has 3 aromatic rings. The molecular weight excluding hydrogens is 226 g/mol. The van der Waals surface area contributed by atoms with Crippen molar-refractivity contribution in [2.45, 2.75) is 19.9 Å². The van der Waals surface area contributed by atoms with Crippen LogP contribution in [0.4, 0.5) is 0 Å². The lowest BCUT2D eigenvalue weighted by Crippen LogP contribution is -2.05. The topological polar surface area (TPSA) is 47.8 Å². The lowest BCUT2D eigenvalue weighted by Gasteiger charge is -2.10. The van der Waals surface area contributed by atoms with Crippen LogP contribution >= 0.6 is 0 Å². The van der Waals surface area contributed by atoms with Crippen LogP contribution in [0.5, 0.6) is 0 Å². The molecule has 0 atom stereocenters. The standard InChI is InChI=1S/C14H13N3O/c1-9(2)17-10(8-18)7-13-14(17)16-12-6-4-3-5-11(12)15-13/h3-9H,1-2H3. The zero-order valence-corrected chi connectivity index (χ0v) is 10.3. The predicted octanol–water partition coefficient (Wildman–Crippen LogP) is 2.98. The molecule has 0 aliphatic heterocycles. The second kappa shape index (κ2) is 3.91. The van der Waals surface area contributed by atoms with Gasteiger partial charge in [-0.3, -0.25) is 4.79 Å². The van der Waals surface area contributed by atoms with E-state index in [1.807, 2.05) is 42.7 Å². The number of carbonyl (C=O) groups is 1. The summed E-state index contributed by atoms with van der Waals surface area (Å²) in [6.07, 6.45) is 0.855. The Morgan fingerprint density at radius 2 is 1.78 bits per heavy atom. The molecule has 1 aromatic carbocycles. The lowest BCUT2D eigenvalue weighted by atomic mass is 10.3. The second-order valence-corrected chi connectivity index (χ2v) is 4.57. The number of nitrogens with zero attached hydrogens (tertiary/aromatic N) is 3. The third-order valence-electron chi connectivity index (χ3n) is 3.01. The molecule has 0 fully saturated rings. The van der Waals surface area contributed by atoms with Gasteiger partial charge in [-0.1, -0.05) is 12.1 Å². The molecule has 3 rings (SSSR count). The minimum absolute atomic E-state index is 0.179. The molecule has 2 aromatic heterocycles. The van der Waals surface area contributed by atoms with E-state index in [4.69, 9.17) is 0 Å². The van der Waals surface area contributed by atoms with Gasteiger partial charge in [0.15, 0.2) is 11.9 Å². The first kappa shape index (κ1) is 10.9. The molecule has 0 aliphatic carbocycles. The molecule has 0 saturated heterocycles. The largest absolute Gasteiger partial charge is 0.319 e. The molecule has 0 saturated carbocycles.